The molecule has 0 saturated heterocycles. The Morgan fingerprint density at radius 2 is 2.16 bits per heavy atom. The van der Waals surface area contributed by atoms with Crippen LogP contribution in [0, 0.1) is 18.8 Å². The van der Waals surface area contributed by atoms with Crippen LogP contribution in [-0.4, -0.2) is 37.3 Å². The molecule has 0 aliphatic rings. The Hall–Kier alpha value is -3.44. The predicted octanol–water partition coefficient (Wildman–Crippen LogP) is 1.21. The summed E-state index contributed by atoms with van der Waals surface area (Å²) in [7, 11) is 0. The normalized spacial score (nSPS) is 11.7. The number of benzene rings is 1. The van der Waals surface area contributed by atoms with E-state index in [0.717, 1.165) is 5.56 Å². The van der Waals surface area contributed by atoms with Gasteiger partial charge >= 0.3 is 5.97 Å². The maximum Gasteiger partial charge on any atom is 0.329 e. The standard InChI is InChI=1S/C17H15N5O3/c1-11-13(16(18)22-17(21-11)19-10-20-22)7-8-14(25-9-15(23)24)12-5-3-2-4-6-12/h2-6,10,14H,9,18H2,1H3,(H,23,24). The van der Waals surface area contributed by atoms with Crippen LogP contribution in [0.1, 0.15) is 22.9 Å². The molecule has 8 nitrogen and oxygen atoms in total. The molecule has 0 fully saturated rings. The lowest BCUT2D eigenvalue weighted by Gasteiger charge is -2.11. The number of nitrogen functional groups attached to an aromatic ring is 1. The van der Waals surface area contributed by atoms with Crippen LogP contribution in [0.15, 0.2) is 36.7 Å². The average Bonchev–Trinajstić information content (AvgIpc) is 3.06. The molecule has 3 N–H and O–H groups in total. The summed E-state index contributed by atoms with van der Waals surface area (Å²) in [5.41, 5.74) is 7.95. The fourth-order valence-electron chi connectivity index (χ4n) is 2.27. The van der Waals surface area contributed by atoms with Gasteiger partial charge in [0.2, 0.25) is 0 Å². The van der Waals surface area contributed by atoms with Crippen molar-refractivity contribution in [3.8, 4) is 11.8 Å². The van der Waals surface area contributed by atoms with Crippen molar-refractivity contribution in [2.75, 3.05) is 12.3 Å². The molecule has 126 valence electrons. The van der Waals surface area contributed by atoms with Gasteiger partial charge in [-0.15, -0.1) is 0 Å². The van der Waals surface area contributed by atoms with Gasteiger partial charge in [-0.3, -0.25) is 0 Å². The van der Waals surface area contributed by atoms with Crippen LogP contribution < -0.4 is 5.73 Å². The fraction of sp³-hybridized carbons (Fsp3) is 0.176. The van der Waals surface area contributed by atoms with Crippen LogP contribution in [0.4, 0.5) is 5.82 Å². The number of hydrogen-bond donors (Lipinski definition) is 2. The van der Waals surface area contributed by atoms with Gasteiger partial charge in [-0.25, -0.2) is 9.78 Å². The zero-order valence-corrected chi connectivity index (χ0v) is 13.4. The minimum absolute atomic E-state index is 0.317. The Kier molecular flexibility index (Phi) is 4.59. The van der Waals surface area contributed by atoms with Crippen molar-refractivity contribution in [3.63, 3.8) is 0 Å². The van der Waals surface area contributed by atoms with Crippen molar-refractivity contribution in [2.24, 2.45) is 0 Å². The minimum Gasteiger partial charge on any atom is -0.480 e. The summed E-state index contributed by atoms with van der Waals surface area (Å²) < 4.78 is 6.79. The highest BCUT2D eigenvalue weighted by Crippen LogP contribution is 2.18. The lowest BCUT2D eigenvalue weighted by Crippen LogP contribution is -2.11. The number of carbonyl (C=O) groups is 1. The van der Waals surface area contributed by atoms with Crippen LogP contribution in [0.25, 0.3) is 5.78 Å². The summed E-state index contributed by atoms with van der Waals surface area (Å²) in [6, 6.07) is 9.15. The zero-order chi connectivity index (χ0) is 17.8. The smallest absolute Gasteiger partial charge is 0.329 e. The van der Waals surface area contributed by atoms with Crippen LogP contribution >= 0.6 is 0 Å². The second-order valence-electron chi connectivity index (χ2n) is 5.19. The van der Waals surface area contributed by atoms with Crippen LogP contribution in [-0.2, 0) is 9.53 Å². The average molecular weight is 337 g/mol. The Bertz CT molecular complexity index is 972. The van der Waals surface area contributed by atoms with E-state index in [1.165, 1.54) is 10.8 Å². The van der Waals surface area contributed by atoms with E-state index in [2.05, 4.69) is 26.9 Å². The monoisotopic (exact) mass is 337 g/mol. The van der Waals surface area contributed by atoms with Crippen molar-refractivity contribution in [1.82, 2.24) is 19.6 Å². The maximum absolute atomic E-state index is 10.8. The molecule has 2 aromatic heterocycles. The number of hydrogen-bond acceptors (Lipinski definition) is 6. The molecule has 0 amide bonds. The molecule has 0 radical (unpaired) electrons. The summed E-state index contributed by atoms with van der Waals surface area (Å²) in [6.45, 7) is 1.31. The molecule has 0 aliphatic heterocycles. The summed E-state index contributed by atoms with van der Waals surface area (Å²) in [5.74, 6) is 5.51. The molecule has 1 atom stereocenters. The third-order valence-electron chi connectivity index (χ3n) is 3.45. The lowest BCUT2D eigenvalue weighted by atomic mass is 10.1. The largest absolute Gasteiger partial charge is 0.480 e. The highest BCUT2D eigenvalue weighted by molar-refractivity contribution is 5.68. The predicted molar refractivity (Wildman–Crippen MR) is 89.6 cm³/mol. The number of carboxylic acid groups (broad SMARTS) is 1. The van der Waals surface area contributed by atoms with Gasteiger partial charge in [-0.05, 0) is 12.5 Å². The number of aliphatic carboxylic acids is 1. The molecular formula is C17H15N5O3. The van der Waals surface area contributed by atoms with E-state index in [-0.39, 0.29) is 0 Å². The Balaban J connectivity index is 1.99. The molecule has 8 heteroatoms. The van der Waals surface area contributed by atoms with Crippen molar-refractivity contribution in [2.45, 2.75) is 13.0 Å². The van der Waals surface area contributed by atoms with Crippen LogP contribution in [0.3, 0.4) is 0 Å². The van der Waals surface area contributed by atoms with E-state index in [9.17, 15) is 4.79 Å². The quantitative estimate of drug-likeness (QED) is 0.687. The summed E-state index contributed by atoms with van der Waals surface area (Å²) in [5, 5.41) is 12.9. The summed E-state index contributed by atoms with van der Waals surface area (Å²) in [6.07, 6.45) is 0.653. The highest BCUT2D eigenvalue weighted by atomic mass is 16.5. The van der Waals surface area contributed by atoms with E-state index in [1.807, 2.05) is 30.3 Å². The molecule has 0 aliphatic carbocycles. The molecule has 0 spiro atoms. The number of ether oxygens (including phenoxy) is 1. The van der Waals surface area contributed by atoms with Crippen molar-refractivity contribution in [3.05, 3.63) is 53.5 Å². The second-order valence-corrected chi connectivity index (χ2v) is 5.19. The minimum atomic E-state index is -1.07. The van der Waals surface area contributed by atoms with Gasteiger partial charge in [0.15, 0.2) is 0 Å². The van der Waals surface area contributed by atoms with Crippen molar-refractivity contribution < 1.29 is 14.6 Å². The van der Waals surface area contributed by atoms with Crippen molar-refractivity contribution in [1.29, 1.82) is 0 Å². The van der Waals surface area contributed by atoms with Crippen LogP contribution in [0.5, 0.6) is 0 Å². The topological polar surface area (TPSA) is 116 Å². The first-order chi connectivity index (χ1) is 12.1. The first-order valence-electron chi connectivity index (χ1n) is 7.42. The SMILES string of the molecule is Cc1nc2ncnn2c(N)c1C#CC(OCC(=O)O)c1ccccc1. The number of fused-ring (bicyclic) bond motifs is 1. The molecule has 25 heavy (non-hydrogen) atoms. The number of anilines is 1. The number of carboxylic acids is 1. The first-order valence-corrected chi connectivity index (χ1v) is 7.42. The van der Waals surface area contributed by atoms with E-state index in [0.29, 0.717) is 22.9 Å². The number of nitrogens with two attached hydrogens (primary N) is 1. The van der Waals surface area contributed by atoms with E-state index < -0.39 is 18.7 Å². The van der Waals surface area contributed by atoms with Gasteiger partial charge in [0.05, 0.1) is 11.3 Å². The summed E-state index contributed by atoms with van der Waals surface area (Å²) >= 11 is 0. The van der Waals surface area contributed by atoms with E-state index in [1.54, 1.807) is 6.92 Å². The molecule has 1 aromatic carbocycles. The van der Waals surface area contributed by atoms with Crippen LogP contribution in [0.2, 0.25) is 0 Å². The molecular weight excluding hydrogens is 322 g/mol. The zero-order valence-electron chi connectivity index (χ0n) is 13.4. The number of aryl methyl sites for hydroxylation is 1. The first kappa shape index (κ1) is 16.4. The van der Waals surface area contributed by atoms with Gasteiger partial charge in [0.25, 0.3) is 5.78 Å². The van der Waals surface area contributed by atoms with E-state index in [4.69, 9.17) is 15.6 Å². The van der Waals surface area contributed by atoms with Gasteiger partial charge in [0.1, 0.15) is 24.9 Å². The Labute approximate surface area is 143 Å². The molecule has 0 bridgehead atoms. The van der Waals surface area contributed by atoms with Gasteiger partial charge in [0, 0.05) is 0 Å². The summed E-state index contributed by atoms with van der Waals surface area (Å²) in [4.78, 5) is 19.1. The highest BCUT2D eigenvalue weighted by Gasteiger charge is 2.13. The van der Waals surface area contributed by atoms with Gasteiger partial charge in [-0.2, -0.15) is 14.6 Å². The maximum atomic E-state index is 10.8. The molecule has 3 aromatic rings. The van der Waals surface area contributed by atoms with Crippen molar-refractivity contribution >= 4 is 17.6 Å². The third kappa shape index (κ3) is 3.57. The Morgan fingerprint density at radius 3 is 2.88 bits per heavy atom. The number of rotatable bonds is 4. The molecule has 3 rings (SSSR count). The lowest BCUT2D eigenvalue weighted by molar-refractivity contribution is -0.143. The molecule has 0 saturated carbocycles. The van der Waals surface area contributed by atoms with Gasteiger partial charge < -0.3 is 15.6 Å². The molecule has 2 heterocycles. The fourth-order valence-corrected chi connectivity index (χ4v) is 2.27. The Morgan fingerprint density at radius 1 is 1.40 bits per heavy atom. The van der Waals surface area contributed by atoms with Gasteiger partial charge in [-0.1, -0.05) is 42.2 Å². The molecule has 1 unspecified atom stereocenters. The third-order valence-corrected chi connectivity index (χ3v) is 3.45. The number of aromatic nitrogens is 4. The van der Waals surface area contributed by atoms with E-state index >= 15 is 0 Å². The second kappa shape index (κ2) is 6.98. The number of nitrogens with zero attached hydrogens (tertiary/aromatic N) is 4.